The molecule has 7 nitrogen and oxygen atoms in total. The monoisotopic (exact) mass is 437 g/mol. The van der Waals surface area contributed by atoms with Gasteiger partial charge >= 0.3 is 0 Å². The molecule has 170 valence electrons. The lowest BCUT2D eigenvalue weighted by Gasteiger charge is -2.40. The maximum atomic E-state index is 14.3. The summed E-state index contributed by atoms with van der Waals surface area (Å²) in [6.45, 7) is 9.37. The average molecular weight is 438 g/mol. The van der Waals surface area contributed by atoms with E-state index in [2.05, 4.69) is 75.3 Å². The number of anilines is 2. The predicted octanol–water partition coefficient (Wildman–Crippen LogP) is 3.54. The molecule has 1 aromatic heterocycles. The van der Waals surface area contributed by atoms with Crippen LogP contribution in [-0.2, 0) is 5.54 Å². The number of hydrogen-bond acceptors (Lipinski definition) is 6. The lowest BCUT2D eigenvalue weighted by Crippen LogP contribution is -2.49. The van der Waals surface area contributed by atoms with Crippen LogP contribution in [0, 0.1) is 5.82 Å². The van der Waals surface area contributed by atoms with Crippen molar-refractivity contribution in [1.29, 1.82) is 0 Å². The highest BCUT2D eigenvalue weighted by molar-refractivity contribution is 5.49. The van der Waals surface area contributed by atoms with Gasteiger partial charge in [-0.2, -0.15) is 0 Å². The molecule has 0 unspecified atom stereocenters. The SMILES string of the molecule is CN(C)c1ccc([C@H](c2nnnn2C(C)(C)C)N2CCN(c3ccccc3F)CC2)cc1. The smallest absolute Gasteiger partial charge is 0.173 e. The van der Waals surface area contributed by atoms with Gasteiger partial charge in [-0.1, -0.05) is 24.3 Å². The van der Waals surface area contributed by atoms with Crippen LogP contribution in [0.5, 0.6) is 0 Å². The van der Waals surface area contributed by atoms with E-state index in [9.17, 15) is 4.39 Å². The molecule has 1 saturated heterocycles. The van der Waals surface area contributed by atoms with Crippen LogP contribution < -0.4 is 9.80 Å². The first-order chi connectivity index (χ1) is 15.3. The van der Waals surface area contributed by atoms with E-state index in [4.69, 9.17) is 0 Å². The fourth-order valence-electron chi connectivity index (χ4n) is 4.25. The van der Waals surface area contributed by atoms with Crippen LogP contribution in [0.15, 0.2) is 48.5 Å². The first-order valence-electron chi connectivity index (χ1n) is 11.1. The van der Waals surface area contributed by atoms with Crippen molar-refractivity contribution in [2.45, 2.75) is 32.4 Å². The second kappa shape index (κ2) is 8.86. The molecule has 8 heteroatoms. The molecule has 32 heavy (non-hydrogen) atoms. The fraction of sp³-hybridized carbons (Fsp3) is 0.458. The van der Waals surface area contributed by atoms with Crippen LogP contribution in [0.3, 0.4) is 0 Å². The highest BCUT2D eigenvalue weighted by Crippen LogP contribution is 2.32. The lowest BCUT2D eigenvalue weighted by molar-refractivity contribution is 0.191. The average Bonchev–Trinajstić information content (AvgIpc) is 3.25. The van der Waals surface area contributed by atoms with Crippen LogP contribution in [0.25, 0.3) is 0 Å². The van der Waals surface area contributed by atoms with Crippen LogP contribution in [0.2, 0.25) is 0 Å². The van der Waals surface area contributed by atoms with Crippen molar-refractivity contribution in [2.24, 2.45) is 0 Å². The molecule has 2 heterocycles. The summed E-state index contributed by atoms with van der Waals surface area (Å²) in [5.74, 6) is 0.655. The van der Waals surface area contributed by atoms with Gasteiger partial charge in [-0.15, -0.1) is 5.10 Å². The highest BCUT2D eigenvalue weighted by atomic mass is 19.1. The Morgan fingerprint density at radius 3 is 2.19 bits per heavy atom. The second-order valence-electron chi connectivity index (χ2n) is 9.48. The van der Waals surface area contributed by atoms with Crippen molar-refractivity contribution < 1.29 is 4.39 Å². The van der Waals surface area contributed by atoms with E-state index in [0.29, 0.717) is 5.69 Å². The van der Waals surface area contributed by atoms with E-state index >= 15 is 0 Å². The van der Waals surface area contributed by atoms with Crippen molar-refractivity contribution in [3.8, 4) is 0 Å². The number of piperazine rings is 1. The fourth-order valence-corrected chi connectivity index (χ4v) is 4.25. The van der Waals surface area contributed by atoms with Crippen molar-refractivity contribution in [1.82, 2.24) is 25.1 Å². The Morgan fingerprint density at radius 1 is 0.938 bits per heavy atom. The van der Waals surface area contributed by atoms with Crippen LogP contribution in [0.4, 0.5) is 15.8 Å². The molecule has 1 atom stereocenters. The molecule has 1 fully saturated rings. The van der Waals surface area contributed by atoms with E-state index in [-0.39, 0.29) is 17.4 Å². The molecular formula is C24H32FN7. The standard InChI is InChI=1S/C24H32FN7/c1-24(2,3)32-23(26-27-28-32)22(18-10-12-19(13-11-18)29(4)5)31-16-14-30(15-17-31)21-9-7-6-8-20(21)25/h6-13,22H,14-17H2,1-5H3/t22-/m1/s1. The number of halogens is 1. The zero-order valence-electron chi connectivity index (χ0n) is 19.5. The summed E-state index contributed by atoms with van der Waals surface area (Å²) >= 11 is 0. The number of nitrogens with zero attached hydrogens (tertiary/aromatic N) is 7. The molecule has 0 aliphatic carbocycles. The molecule has 0 saturated carbocycles. The third-order valence-electron chi connectivity index (χ3n) is 5.97. The zero-order valence-corrected chi connectivity index (χ0v) is 19.5. The normalized spacial score (nSPS) is 16.2. The Labute approximate surface area is 189 Å². The molecule has 3 aromatic rings. The molecule has 2 aromatic carbocycles. The van der Waals surface area contributed by atoms with Crippen molar-refractivity contribution in [3.05, 3.63) is 65.7 Å². The Kier molecular flexibility index (Phi) is 6.15. The van der Waals surface area contributed by atoms with E-state index in [1.54, 1.807) is 6.07 Å². The molecule has 0 bridgehead atoms. The molecule has 1 aliphatic heterocycles. The summed E-state index contributed by atoms with van der Waals surface area (Å²) in [5, 5.41) is 12.8. The van der Waals surface area contributed by atoms with Crippen LogP contribution in [0.1, 0.15) is 38.2 Å². The molecule has 0 spiro atoms. The first-order valence-corrected chi connectivity index (χ1v) is 11.1. The topological polar surface area (TPSA) is 53.3 Å². The number of benzene rings is 2. The van der Waals surface area contributed by atoms with E-state index in [0.717, 1.165) is 43.3 Å². The van der Waals surface area contributed by atoms with Gasteiger partial charge in [0.1, 0.15) is 5.82 Å². The number of hydrogen-bond donors (Lipinski definition) is 0. The molecule has 4 rings (SSSR count). The van der Waals surface area contributed by atoms with Gasteiger partial charge in [0.05, 0.1) is 17.3 Å². The van der Waals surface area contributed by atoms with Gasteiger partial charge in [0.15, 0.2) is 5.82 Å². The van der Waals surface area contributed by atoms with Gasteiger partial charge in [-0.05, 0) is 61.0 Å². The quantitative estimate of drug-likeness (QED) is 0.609. The zero-order chi connectivity index (χ0) is 22.9. The van der Waals surface area contributed by atoms with Crippen LogP contribution >= 0.6 is 0 Å². The summed E-state index contributed by atoms with van der Waals surface area (Å²) in [7, 11) is 4.07. The minimum absolute atomic E-state index is 0.0804. The Bertz CT molecular complexity index is 1030. The summed E-state index contributed by atoms with van der Waals surface area (Å²) < 4.78 is 16.2. The molecular weight excluding hydrogens is 405 g/mol. The van der Waals surface area contributed by atoms with Gasteiger partial charge in [-0.25, -0.2) is 9.07 Å². The van der Waals surface area contributed by atoms with E-state index in [1.165, 1.54) is 6.07 Å². The summed E-state index contributed by atoms with van der Waals surface area (Å²) in [4.78, 5) is 6.60. The maximum Gasteiger partial charge on any atom is 0.173 e. The van der Waals surface area contributed by atoms with Gasteiger partial charge in [0.2, 0.25) is 0 Å². The number of rotatable bonds is 5. The largest absolute Gasteiger partial charge is 0.378 e. The van der Waals surface area contributed by atoms with Crippen LogP contribution in [-0.4, -0.2) is 65.4 Å². The Morgan fingerprint density at radius 2 is 1.59 bits per heavy atom. The molecule has 1 aliphatic rings. The maximum absolute atomic E-state index is 14.3. The minimum atomic E-state index is -0.240. The van der Waals surface area contributed by atoms with Gasteiger partial charge in [0, 0.05) is 46.0 Å². The lowest BCUT2D eigenvalue weighted by atomic mass is 10.0. The number of aromatic nitrogens is 4. The molecule has 0 radical (unpaired) electrons. The highest BCUT2D eigenvalue weighted by Gasteiger charge is 2.33. The summed E-state index contributed by atoms with van der Waals surface area (Å²) in [5.41, 5.74) is 2.72. The second-order valence-corrected chi connectivity index (χ2v) is 9.48. The van der Waals surface area contributed by atoms with E-state index in [1.807, 2.05) is 30.9 Å². The number of tetrazole rings is 1. The predicted molar refractivity (Wildman–Crippen MR) is 126 cm³/mol. The van der Waals surface area contributed by atoms with Gasteiger partial charge in [0.25, 0.3) is 0 Å². The van der Waals surface area contributed by atoms with Gasteiger partial charge in [-0.3, -0.25) is 4.90 Å². The Balaban J connectivity index is 1.65. The third kappa shape index (κ3) is 4.46. The van der Waals surface area contributed by atoms with Gasteiger partial charge < -0.3 is 9.80 Å². The third-order valence-corrected chi connectivity index (χ3v) is 5.97. The van der Waals surface area contributed by atoms with Crippen molar-refractivity contribution in [2.75, 3.05) is 50.1 Å². The summed E-state index contributed by atoms with van der Waals surface area (Å²) in [6, 6.07) is 15.5. The number of para-hydroxylation sites is 1. The van der Waals surface area contributed by atoms with Crippen molar-refractivity contribution >= 4 is 11.4 Å². The van der Waals surface area contributed by atoms with E-state index < -0.39 is 0 Å². The molecule has 0 N–H and O–H groups in total. The minimum Gasteiger partial charge on any atom is -0.378 e. The summed E-state index contributed by atoms with van der Waals surface area (Å²) in [6.07, 6.45) is 0. The first kappa shape index (κ1) is 22.2. The molecule has 0 amide bonds. The Hall–Kier alpha value is -3.00. The van der Waals surface area contributed by atoms with Crippen molar-refractivity contribution in [3.63, 3.8) is 0 Å².